The fraction of sp³-hybridized carbons (Fsp3) is 0.286. The minimum absolute atomic E-state index is 0.376. The SMILES string of the molecule is Clc1ccc(CCNc2nccc(-c3ncc(N4CCC(c5cn[nH]n5)C4)[nH]3)n2)cc1. The third kappa shape index (κ3) is 4.51. The summed E-state index contributed by atoms with van der Waals surface area (Å²) in [6.07, 6.45) is 7.30. The first-order valence-electron chi connectivity index (χ1n) is 10.2. The summed E-state index contributed by atoms with van der Waals surface area (Å²) in [5, 5.41) is 14.9. The number of rotatable bonds is 7. The Morgan fingerprint density at radius 1 is 1.13 bits per heavy atom. The second-order valence-electron chi connectivity index (χ2n) is 7.51. The molecule has 1 unspecified atom stereocenters. The molecule has 1 saturated heterocycles. The van der Waals surface area contributed by atoms with Crippen molar-refractivity contribution in [2.45, 2.75) is 18.8 Å². The topological polar surface area (TPSA) is 111 Å². The number of hydrogen-bond donors (Lipinski definition) is 3. The molecule has 1 aliphatic heterocycles. The molecule has 1 aromatic carbocycles. The summed E-state index contributed by atoms with van der Waals surface area (Å²) in [5.74, 6) is 2.66. The smallest absolute Gasteiger partial charge is 0.223 e. The molecule has 3 N–H and O–H groups in total. The molecule has 0 saturated carbocycles. The van der Waals surface area contributed by atoms with Crippen LogP contribution in [0.5, 0.6) is 0 Å². The number of benzene rings is 1. The molecule has 9 nitrogen and oxygen atoms in total. The molecule has 4 heterocycles. The summed E-state index contributed by atoms with van der Waals surface area (Å²) in [4.78, 5) is 19.1. The summed E-state index contributed by atoms with van der Waals surface area (Å²) in [5.41, 5.74) is 2.97. The van der Waals surface area contributed by atoms with Crippen LogP contribution in [-0.2, 0) is 6.42 Å². The lowest BCUT2D eigenvalue weighted by Crippen LogP contribution is -2.19. The molecular formula is C21H22ClN9. The highest BCUT2D eigenvalue weighted by atomic mass is 35.5. The predicted molar refractivity (Wildman–Crippen MR) is 119 cm³/mol. The van der Waals surface area contributed by atoms with Gasteiger partial charge in [0.15, 0.2) is 5.82 Å². The Morgan fingerprint density at radius 3 is 2.87 bits per heavy atom. The van der Waals surface area contributed by atoms with Gasteiger partial charge >= 0.3 is 0 Å². The molecule has 0 radical (unpaired) electrons. The van der Waals surface area contributed by atoms with Crippen LogP contribution in [-0.4, -0.2) is 55.0 Å². The second kappa shape index (κ2) is 8.73. The van der Waals surface area contributed by atoms with E-state index in [0.29, 0.717) is 11.9 Å². The van der Waals surface area contributed by atoms with Crippen LogP contribution in [0.4, 0.5) is 11.8 Å². The summed E-state index contributed by atoms with van der Waals surface area (Å²) >= 11 is 5.94. The maximum atomic E-state index is 5.94. The zero-order chi connectivity index (χ0) is 21.0. The number of nitrogens with zero attached hydrogens (tertiary/aromatic N) is 6. The minimum atomic E-state index is 0.376. The van der Waals surface area contributed by atoms with Gasteiger partial charge in [-0.25, -0.2) is 15.0 Å². The van der Waals surface area contributed by atoms with Crippen LogP contribution in [0.25, 0.3) is 11.5 Å². The maximum absolute atomic E-state index is 5.94. The Hall–Kier alpha value is -3.46. The van der Waals surface area contributed by atoms with Gasteiger partial charge in [0.1, 0.15) is 11.5 Å². The lowest BCUT2D eigenvalue weighted by atomic mass is 10.1. The summed E-state index contributed by atoms with van der Waals surface area (Å²) in [7, 11) is 0. The van der Waals surface area contributed by atoms with E-state index in [9.17, 15) is 0 Å². The van der Waals surface area contributed by atoms with Crippen LogP contribution in [0.2, 0.25) is 5.02 Å². The standard InChI is InChI=1S/C21H22ClN9/c22-16-3-1-14(2-4-16)5-8-23-21-24-9-6-17(27-21)20-25-12-19(28-20)31-10-7-15(13-31)18-11-26-30-29-18/h1-4,6,9,11-12,15H,5,7-8,10,13H2,(H,25,28)(H,23,24,27)(H,26,29,30). The van der Waals surface area contributed by atoms with Crippen LogP contribution in [0, 0.1) is 0 Å². The number of aromatic amines is 2. The Morgan fingerprint density at radius 2 is 2.03 bits per heavy atom. The number of anilines is 2. The Bertz CT molecular complexity index is 1120. The third-order valence-corrected chi connectivity index (χ3v) is 5.70. The molecule has 1 aliphatic rings. The Kier molecular flexibility index (Phi) is 5.49. The molecule has 0 amide bonds. The van der Waals surface area contributed by atoms with Crippen molar-refractivity contribution in [1.82, 2.24) is 35.3 Å². The Labute approximate surface area is 184 Å². The highest BCUT2D eigenvalue weighted by Gasteiger charge is 2.27. The van der Waals surface area contributed by atoms with Crippen molar-refractivity contribution >= 4 is 23.4 Å². The summed E-state index contributed by atoms with van der Waals surface area (Å²) < 4.78 is 0. The number of imidazole rings is 1. The molecule has 0 spiro atoms. The first-order valence-corrected chi connectivity index (χ1v) is 10.6. The van der Waals surface area contributed by atoms with Gasteiger partial charge in [0.2, 0.25) is 5.95 Å². The second-order valence-corrected chi connectivity index (χ2v) is 7.95. The van der Waals surface area contributed by atoms with Crippen molar-refractivity contribution in [2.24, 2.45) is 0 Å². The van der Waals surface area contributed by atoms with Gasteiger partial charge < -0.3 is 15.2 Å². The van der Waals surface area contributed by atoms with E-state index < -0.39 is 0 Å². The van der Waals surface area contributed by atoms with Crippen LogP contribution < -0.4 is 10.2 Å². The molecule has 3 aromatic heterocycles. The van der Waals surface area contributed by atoms with Crippen molar-refractivity contribution < 1.29 is 0 Å². The van der Waals surface area contributed by atoms with Crippen molar-refractivity contribution in [3.63, 3.8) is 0 Å². The monoisotopic (exact) mass is 435 g/mol. The van der Waals surface area contributed by atoms with Gasteiger partial charge in [0.25, 0.3) is 0 Å². The number of H-pyrrole nitrogens is 2. The highest BCUT2D eigenvalue weighted by molar-refractivity contribution is 6.30. The van der Waals surface area contributed by atoms with E-state index in [1.807, 2.05) is 36.5 Å². The minimum Gasteiger partial charge on any atom is -0.356 e. The fourth-order valence-corrected chi connectivity index (χ4v) is 3.90. The van der Waals surface area contributed by atoms with Gasteiger partial charge in [-0.15, -0.1) is 0 Å². The largest absolute Gasteiger partial charge is 0.356 e. The van der Waals surface area contributed by atoms with E-state index in [4.69, 9.17) is 11.6 Å². The summed E-state index contributed by atoms with van der Waals surface area (Å²) in [6, 6.07) is 9.71. The van der Waals surface area contributed by atoms with Gasteiger partial charge in [0.05, 0.1) is 18.1 Å². The van der Waals surface area contributed by atoms with Crippen LogP contribution in [0.1, 0.15) is 23.6 Å². The van der Waals surface area contributed by atoms with Crippen molar-refractivity contribution in [1.29, 1.82) is 0 Å². The van der Waals surface area contributed by atoms with Gasteiger partial charge in [0, 0.05) is 36.8 Å². The molecule has 10 heteroatoms. The van der Waals surface area contributed by atoms with Crippen LogP contribution >= 0.6 is 11.6 Å². The first-order chi connectivity index (χ1) is 15.2. The van der Waals surface area contributed by atoms with Crippen molar-refractivity contribution in [3.8, 4) is 11.5 Å². The van der Waals surface area contributed by atoms with Gasteiger partial charge in [-0.2, -0.15) is 15.4 Å². The lowest BCUT2D eigenvalue weighted by molar-refractivity contribution is 0.736. The number of aromatic nitrogens is 7. The average Bonchev–Trinajstić information content (AvgIpc) is 3.56. The number of halogens is 1. The van der Waals surface area contributed by atoms with E-state index >= 15 is 0 Å². The number of nitrogens with one attached hydrogen (secondary N) is 3. The van der Waals surface area contributed by atoms with E-state index in [-0.39, 0.29) is 0 Å². The van der Waals surface area contributed by atoms with Gasteiger partial charge in [-0.3, -0.25) is 0 Å². The predicted octanol–water partition coefficient (Wildman–Crippen LogP) is 3.29. The van der Waals surface area contributed by atoms with E-state index in [0.717, 1.165) is 60.5 Å². The molecule has 4 aromatic rings. The lowest BCUT2D eigenvalue weighted by Gasteiger charge is -2.15. The molecule has 1 atom stereocenters. The van der Waals surface area contributed by atoms with Crippen molar-refractivity contribution in [3.05, 3.63) is 65.2 Å². The van der Waals surface area contributed by atoms with Crippen LogP contribution in [0.3, 0.4) is 0 Å². The van der Waals surface area contributed by atoms with Crippen molar-refractivity contribution in [2.75, 3.05) is 29.9 Å². The van der Waals surface area contributed by atoms with E-state index in [2.05, 4.69) is 45.6 Å². The molecular weight excluding hydrogens is 414 g/mol. The molecule has 158 valence electrons. The maximum Gasteiger partial charge on any atom is 0.223 e. The highest BCUT2D eigenvalue weighted by Crippen LogP contribution is 2.29. The molecule has 0 aliphatic carbocycles. The molecule has 5 rings (SSSR count). The zero-order valence-corrected chi connectivity index (χ0v) is 17.5. The fourth-order valence-electron chi connectivity index (χ4n) is 3.78. The Balaban J connectivity index is 1.21. The summed E-state index contributed by atoms with van der Waals surface area (Å²) in [6.45, 7) is 2.56. The van der Waals surface area contributed by atoms with E-state index in [1.54, 1.807) is 12.4 Å². The van der Waals surface area contributed by atoms with Gasteiger partial charge in [-0.1, -0.05) is 23.7 Å². The quantitative estimate of drug-likeness (QED) is 0.408. The zero-order valence-electron chi connectivity index (χ0n) is 16.8. The van der Waals surface area contributed by atoms with E-state index in [1.165, 1.54) is 5.56 Å². The average molecular weight is 436 g/mol. The normalized spacial score (nSPS) is 16.0. The van der Waals surface area contributed by atoms with Crippen LogP contribution in [0.15, 0.2) is 48.9 Å². The third-order valence-electron chi connectivity index (χ3n) is 5.45. The molecule has 0 bridgehead atoms. The molecule has 1 fully saturated rings. The van der Waals surface area contributed by atoms with Gasteiger partial charge in [-0.05, 0) is 36.6 Å². The molecule has 31 heavy (non-hydrogen) atoms. The first kappa shape index (κ1) is 19.5. The number of hydrogen-bond acceptors (Lipinski definition) is 7.